The molecular weight excluding hydrogens is 336 g/mol. The van der Waals surface area contributed by atoms with Crippen molar-refractivity contribution in [2.75, 3.05) is 13.1 Å². The van der Waals surface area contributed by atoms with E-state index >= 15 is 0 Å². The van der Waals surface area contributed by atoms with Gasteiger partial charge in [0.15, 0.2) is 0 Å². The number of aryl methyl sites for hydroxylation is 1. The molecule has 134 valence electrons. The third-order valence-corrected chi connectivity index (χ3v) is 5.72. The maximum atomic E-state index is 12.1. The van der Waals surface area contributed by atoms with Crippen LogP contribution in [0.2, 0.25) is 0 Å². The predicted molar refractivity (Wildman–Crippen MR) is 97.5 cm³/mol. The lowest BCUT2D eigenvalue weighted by atomic mass is 9.73. The van der Waals surface area contributed by atoms with Crippen molar-refractivity contribution < 1.29 is 15.0 Å². The topological polar surface area (TPSA) is 73.7 Å². The summed E-state index contributed by atoms with van der Waals surface area (Å²) in [5, 5.41) is 22.4. The molecule has 0 spiro atoms. The molecular formula is C19H24N2O3S. The second kappa shape index (κ2) is 8.08. The van der Waals surface area contributed by atoms with Crippen molar-refractivity contribution in [1.82, 2.24) is 9.88 Å². The summed E-state index contributed by atoms with van der Waals surface area (Å²) in [7, 11) is 0. The number of hydrogen-bond acceptors (Lipinski definition) is 5. The molecule has 1 aromatic heterocycles. The van der Waals surface area contributed by atoms with Crippen molar-refractivity contribution in [3.8, 4) is 0 Å². The minimum Gasteiger partial charge on any atom is -0.481 e. The summed E-state index contributed by atoms with van der Waals surface area (Å²) >= 11 is 1.54. The van der Waals surface area contributed by atoms with Crippen LogP contribution in [0.25, 0.3) is 0 Å². The highest BCUT2D eigenvalue weighted by atomic mass is 32.1. The molecule has 0 saturated carbocycles. The second-order valence-electron chi connectivity index (χ2n) is 6.80. The lowest BCUT2D eigenvalue weighted by Gasteiger charge is -2.43. The Bertz CT molecular complexity index is 677. The lowest BCUT2D eigenvalue weighted by Crippen LogP contribution is -2.55. The number of piperidine rings is 1. The number of carbonyl (C=O) groups is 1. The molecule has 6 heteroatoms. The van der Waals surface area contributed by atoms with Crippen LogP contribution in [-0.4, -0.2) is 45.3 Å². The number of aliphatic carboxylic acids is 1. The molecule has 25 heavy (non-hydrogen) atoms. The monoisotopic (exact) mass is 360 g/mol. The van der Waals surface area contributed by atoms with Crippen LogP contribution in [0.3, 0.4) is 0 Å². The largest absolute Gasteiger partial charge is 0.481 e. The van der Waals surface area contributed by atoms with E-state index in [-0.39, 0.29) is 0 Å². The summed E-state index contributed by atoms with van der Waals surface area (Å²) in [6, 6.07) is 10.1. The summed E-state index contributed by atoms with van der Waals surface area (Å²) in [6.07, 6.45) is 1.74. The Hall–Kier alpha value is -1.76. The Morgan fingerprint density at radius 3 is 2.84 bits per heavy atom. The average Bonchev–Trinajstić information content (AvgIpc) is 3.11. The molecule has 5 nitrogen and oxygen atoms in total. The van der Waals surface area contributed by atoms with Crippen LogP contribution in [-0.2, 0) is 17.8 Å². The number of aliphatic hydroxyl groups is 1. The lowest BCUT2D eigenvalue weighted by molar-refractivity contribution is -0.164. The number of aliphatic hydroxyl groups excluding tert-OH is 1. The molecule has 0 radical (unpaired) electrons. The molecule has 1 saturated heterocycles. The number of carboxylic acids is 1. The van der Waals surface area contributed by atoms with Crippen molar-refractivity contribution in [1.29, 1.82) is 0 Å². The van der Waals surface area contributed by atoms with E-state index in [1.54, 1.807) is 16.8 Å². The van der Waals surface area contributed by atoms with Crippen LogP contribution in [0.4, 0.5) is 0 Å². The Morgan fingerprint density at radius 2 is 2.16 bits per heavy atom. The van der Waals surface area contributed by atoms with Crippen molar-refractivity contribution >= 4 is 17.3 Å². The van der Waals surface area contributed by atoms with Gasteiger partial charge in [-0.15, -0.1) is 11.3 Å². The van der Waals surface area contributed by atoms with E-state index in [0.29, 0.717) is 32.5 Å². The van der Waals surface area contributed by atoms with Gasteiger partial charge in [-0.2, -0.15) is 0 Å². The molecule has 2 aromatic rings. The van der Waals surface area contributed by atoms with Crippen LogP contribution in [0.15, 0.2) is 41.2 Å². The minimum atomic E-state index is -1.09. The number of aromatic nitrogens is 1. The number of hydrogen-bond donors (Lipinski definition) is 2. The maximum Gasteiger partial charge on any atom is 0.313 e. The van der Waals surface area contributed by atoms with Crippen LogP contribution >= 0.6 is 11.3 Å². The zero-order valence-corrected chi connectivity index (χ0v) is 15.0. The van der Waals surface area contributed by atoms with Crippen LogP contribution in [0, 0.1) is 5.41 Å². The Kier molecular flexibility index (Phi) is 5.83. The van der Waals surface area contributed by atoms with Crippen molar-refractivity contribution in [2.45, 2.75) is 38.3 Å². The molecule has 0 amide bonds. The van der Waals surface area contributed by atoms with Gasteiger partial charge in [0.05, 0.1) is 17.3 Å². The normalized spacial score (nSPS) is 24.3. The number of thiazole rings is 1. The SMILES string of the molecule is O=C(O)[C@]1(CCCc2ccccc2)CN(Cc2cscn2)CC[C@@H]1O. The maximum absolute atomic E-state index is 12.1. The molecule has 0 aliphatic carbocycles. The van der Waals surface area contributed by atoms with Gasteiger partial charge in [0.25, 0.3) is 0 Å². The highest BCUT2D eigenvalue weighted by molar-refractivity contribution is 7.07. The molecule has 1 aliphatic rings. The minimum absolute atomic E-state index is 0.371. The Morgan fingerprint density at radius 1 is 1.36 bits per heavy atom. The molecule has 1 aliphatic heterocycles. The first kappa shape index (κ1) is 18.0. The van der Waals surface area contributed by atoms with E-state index in [1.165, 1.54) is 5.56 Å². The quantitative estimate of drug-likeness (QED) is 0.794. The zero-order chi connectivity index (χ0) is 17.7. The van der Waals surface area contributed by atoms with E-state index in [2.05, 4.69) is 22.0 Å². The second-order valence-corrected chi connectivity index (χ2v) is 7.51. The molecule has 2 heterocycles. The van der Waals surface area contributed by atoms with E-state index < -0.39 is 17.5 Å². The van der Waals surface area contributed by atoms with Gasteiger partial charge in [0.2, 0.25) is 0 Å². The Labute approximate surface area is 152 Å². The number of rotatable bonds is 7. The Balaban J connectivity index is 1.66. The van der Waals surface area contributed by atoms with E-state index in [1.807, 2.05) is 23.6 Å². The summed E-state index contributed by atoms with van der Waals surface area (Å²) in [6.45, 7) is 1.71. The smallest absolute Gasteiger partial charge is 0.313 e. The van der Waals surface area contributed by atoms with Crippen molar-refractivity contribution in [2.24, 2.45) is 5.41 Å². The van der Waals surface area contributed by atoms with E-state index in [4.69, 9.17) is 0 Å². The van der Waals surface area contributed by atoms with Crippen molar-refractivity contribution in [3.63, 3.8) is 0 Å². The molecule has 1 aromatic carbocycles. The third-order valence-electron chi connectivity index (χ3n) is 5.09. The highest BCUT2D eigenvalue weighted by Crippen LogP contribution is 2.36. The fraction of sp³-hybridized carbons (Fsp3) is 0.474. The first-order chi connectivity index (χ1) is 12.1. The molecule has 0 unspecified atom stereocenters. The number of likely N-dealkylation sites (tertiary alicyclic amines) is 1. The predicted octanol–water partition coefficient (Wildman–Crippen LogP) is 2.80. The van der Waals surface area contributed by atoms with Gasteiger partial charge in [-0.25, -0.2) is 4.98 Å². The highest BCUT2D eigenvalue weighted by Gasteiger charge is 2.48. The molecule has 3 rings (SSSR count). The van der Waals surface area contributed by atoms with Gasteiger partial charge >= 0.3 is 5.97 Å². The van der Waals surface area contributed by atoms with Crippen LogP contribution in [0.1, 0.15) is 30.5 Å². The number of carboxylic acid groups (broad SMARTS) is 1. The fourth-order valence-corrected chi connectivity index (χ4v) is 4.21. The van der Waals surface area contributed by atoms with Crippen LogP contribution in [0.5, 0.6) is 0 Å². The van der Waals surface area contributed by atoms with E-state index in [9.17, 15) is 15.0 Å². The standard InChI is InChI=1S/C19H24N2O3S/c22-17-8-10-21(11-16-12-25-14-20-16)13-19(17,18(23)24)9-4-7-15-5-2-1-3-6-15/h1-3,5-6,12,14,17,22H,4,7-11,13H2,(H,23,24)/t17-,19+/m0/s1. The number of benzene rings is 1. The fourth-order valence-electron chi connectivity index (χ4n) is 3.66. The van der Waals surface area contributed by atoms with Gasteiger partial charge in [-0.3, -0.25) is 9.69 Å². The molecule has 2 atom stereocenters. The molecule has 0 bridgehead atoms. The first-order valence-electron chi connectivity index (χ1n) is 8.65. The van der Waals surface area contributed by atoms with E-state index in [0.717, 1.165) is 18.5 Å². The zero-order valence-electron chi connectivity index (χ0n) is 14.2. The van der Waals surface area contributed by atoms with Gasteiger partial charge in [0.1, 0.15) is 5.41 Å². The van der Waals surface area contributed by atoms with Gasteiger partial charge < -0.3 is 10.2 Å². The van der Waals surface area contributed by atoms with Gasteiger partial charge in [-0.05, 0) is 31.2 Å². The molecule has 2 N–H and O–H groups in total. The van der Waals surface area contributed by atoms with Gasteiger partial charge in [-0.1, -0.05) is 30.3 Å². The summed E-state index contributed by atoms with van der Waals surface area (Å²) in [5.41, 5.74) is 2.86. The van der Waals surface area contributed by atoms with Crippen LogP contribution < -0.4 is 0 Å². The van der Waals surface area contributed by atoms with Gasteiger partial charge in [0, 0.05) is 25.0 Å². The summed E-state index contributed by atoms with van der Waals surface area (Å²) in [4.78, 5) is 18.5. The average molecular weight is 360 g/mol. The van der Waals surface area contributed by atoms with Crippen molar-refractivity contribution in [3.05, 3.63) is 52.5 Å². The third kappa shape index (κ3) is 4.26. The first-order valence-corrected chi connectivity index (χ1v) is 9.59. The summed E-state index contributed by atoms with van der Waals surface area (Å²) in [5.74, 6) is -0.893. The molecule has 1 fully saturated rings. The summed E-state index contributed by atoms with van der Waals surface area (Å²) < 4.78 is 0. The number of nitrogens with zero attached hydrogens (tertiary/aromatic N) is 2.